The molecule has 0 aromatic carbocycles. The topological polar surface area (TPSA) is 82.5 Å². The number of aryl methyl sites for hydroxylation is 1. The maximum atomic E-state index is 11.2. The summed E-state index contributed by atoms with van der Waals surface area (Å²) >= 11 is 0. The minimum atomic E-state index is -1.06. The van der Waals surface area contributed by atoms with E-state index in [-0.39, 0.29) is 18.0 Å². The molecule has 0 aliphatic heterocycles. The molecule has 2 N–H and O–H groups in total. The second kappa shape index (κ2) is 5.29. The second-order valence-electron chi connectivity index (χ2n) is 3.68. The number of carbonyl (C=O) groups is 2. The van der Waals surface area contributed by atoms with Crippen LogP contribution in [0.4, 0.5) is 5.69 Å². The van der Waals surface area contributed by atoms with Gasteiger partial charge in [-0.2, -0.15) is 0 Å². The van der Waals surface area contributed by atoms with E-state index in [2.05, 4.69) is 10.3 Å². The van der Waals surface area contributed by atoms with Crippen molar-refractivity contribution in [3.8, 4) is 0 Å². The highest BCUT2D eigenvalue weighted by Gasteiger charge is 2.15. The lowest BCUT2D eigenvalue weighted by molar-refractivity contribution is -0.119. The summed E-state index contributed by atoms with van der Waals surface area (Å²) in [4.78, 5) is 27.8. The summed E-state index contributed by atoms with van der Waals surface area (Å²) in [7, 11) is 3.20. The maximum Gasteiger partial charge on any atom is 0.339 e. The first-order chi connectivity index (χ1) is 7.95. The standard InChI is InChI=1S/C11H15N3O3/c1-7-4-9(8(5-13-7)11(16)17)14(3)6-10(15)12-2/h4-5H,6H2,1-3H3,(H,12,15)(H,16,17). The van der Waals surface area contributed by atoms with Crippen LogP contribution in [0.5, 0.6) is 0 Å². The Bertz CT molecular complexity index is 446. The number of amides is 1. The summed E-state index contributed by atoms with van der Waals surface area (Å²) in [6, 6.07) is 1.65. The van der Waals surface area contributed by atoms with Gasteiger partial charge in [0.05, 0.1) is 12.2 Å². The average molecular weight is 237 g/mol. The van der Waals surface area contributed by atoms with Crippen molar-refractivity contribution in [1.29, 1.82) is 0 Å². The lowest BCUT2D eigenvalue weighted by Crippen LogP contribution is -2.33. The second-order valence-corrected chi connectivity index (χ2v) is 3.68. The Morgan fingerprint density at radius 3 is 2.71 bits per heavy atom. The molecule has 0 aliphatic carbocycles. The van der Waals surface area contributed by atoms with Crippen LogP contribution in [0.25, 0.3) is 0 Å². The molecule has 6 heteroatoms. The van der Waals surface area contributed by atoms with Crippen LogP contribution in [-0.4, -0.2) is 42.6 Å². The van der Waals surface area contributed by atoms with Crippen molar-refractivity contribution in [2.75, 3.05) is 25.5 Å². The van der Waals surface area contributed by atoms with Crippen LogP contribution in [0, 0.1) is 6.92 Å². The summed E-state index contributed by atoms with van der Waals surface area (Å²) in [6.45, 7) is 1.86. The van der Waals surface area contributed by atoms with E-state index >= 15 is 0 Å². The molecule has 17 heavy (non-hydrogen) atoms. The number of nitrogens with zero attached hydrogens (tertiary/aromatic N) is 2. The highest BCUT2D eigenvalue weighted by atomic mass is 16.4. The van der Waals surface area contributed by atoms with Gasteiger partial charge in [0.2, 0.25) is 5.91 Å². The zero-order chi connectivity index (χ0) is 13.0. The van der Waals surface area contributed by atoms with E-state index in [4.69, 9.17) is 5.11 Å². The van der Waals surface area contributed by atoms with Crippen LogP contribution >= 0.6 is 0 Å². The van der Waals surface area contributed by atoms with Crippen LogP contribution < -0.4 is 10.2 Å². The molecule has 0 bridgehead atoms. The molecule has 0 saturated heterocycles. The van der Waals surface area contributed by atoms with E-state index in [9.17, 15) is 9.59 Å². The largest absolute Gasteiger partial charge is 0.478 e. The van der Waals surface area contributed by atoms with Gasteiger partial charge in [-0.05, 0) is 13.0 Å². The third-order valence-electron chi connectivity index (χ3n) is 2.32. The van der Waals surface area contributed by atoms with E-state index in [1.807, 2.05) is 0 Å². The van der Waals surface area contributed by atoms with Crippen LogP contribution in [0.3, 0.4) is 0 Å². The number of pyridine rings is 1. The minimum Gasteiger partial charge on any atom is -0.478 e. The number of aromatic nitrogens is 1. The van der Waals surface area contributed by atoms with Gasteiger partial charge in [0.1, 0.15) is 5.56 Å². The van der Waals surface area contributed by atoms with Gasteiger partial charge in [-0.15, -0.1) is 0 Å². The number of aromatic carboxylic acids is 1. The maximum absolute atomic E-state index is 11.2. The summed E-state index contributed by atoms with van der Waals surface area (Å²) in [5.41, 5.74) is 1.27. The first-order valence-electron chi connectivity index (χ1n) is 5.07. The molecule has 1 heterocycles. The fraction of sp³-hybridized carbons (Fsp3) is 0.364. The number of carbonyl (C=O) groups excluding carboxylic acids is 1. The number of hydrogen-bond donors (Lipinski definition) is 2. The van der Waals surface area contributed by atoms with Gasteiger partial charge < -0.3 is 15.3 Å². The monoisotopic (exact) mass is 237 g/mol. The number of rotatable bonds is 4. The van der Waals surface area contributed by atoms with Gasteiger partial charge in [0.25, 0.3) is 0 Å². The van der Waals surface area contributed by atoms with Gasteiger partial charge in [-0.3, -0.25) is 9.78 Å². The molecular weight excluding hydrogens is 222 g/mol. The number of likely N-dealkylation sites (N-methyl/N-ethyl adjacent to an activating group) is 2. The van der Waals surface area contributed by atoms with E-state index in [0.29, 0.717) is 11.4 Å². The number of anilines is 1. The molecule has 6 nitrogen and oxygen atoms in total. The van der Waals surface area contributed by atoms with Crippen LogP contribution in [0.2, 0.25) is 0 Å². The van der Waals surface area contributed by atoms with E-state index < -0.39 is 5.97 Å². The van der Waals surface area contributed by atoms with Gasteiger partial charge in [-0.25, -0.2) is 4.79 Å². The third-order valence-corrected chi connectivity index (χ3v) is 2.32. The molecule has 0 fully saturated rings. The lowest BCUT2D eigenvalue weighted by Gasteiger charge is -2.20. The quantitative estimate of drug-likeness (QED) is 0.785. The predicted molar refractivity (Wildman–Crippen MR) is 63.3 cm³/mol. The molecule has 92 valence electrons. The molecule has 0 atom stereocenters. The van der Waals surface area contributed by atoms with Crippen molar-refractivity contribution >= 4 is 17.6 Å². The molecule has 1 rings (SSSR count). The number of carboxylic acid groups (broad SMARTS) is 1. The fourth-order valence-electron chi connectivity index (χ4n) is 1.41. The highest BCUT2D eigenvalue weighted by Crippen LogP contribution is 2.19. The first-order valence-corrected chi connectivity index (χ1v) is 5.07. The number of carboxylic acids is 1. The molecule has 0 saturated carbocycles. The summed E-state index contributed by atoms with van der Waals surface area (Å²) in [6.07, 6.45) is 1.30. The summed E-state index contributed by atoms with van der Waals surface area (Å²) in [5.74, 6) is -1.24. The first kappa shape index (κ1) is 13.0. The van der Waals surface area contributed by atoms with Crippen molar-refractivity contribution < 1.29 is 14.7 Å². The molecule has 0 radical (unpaired) electrons. The smallest absolute Gasteiger partial charge is 0.339 e. The number of hydrogen-bond acceptors (Lipinski definition) is 4. The van der Waals surface area contributed by atoms with E-state index in [1.165, 1.54) is 13.2 Å². The average Bonchev–Trinajstić information content (AvgIpc) is 2.28. The zero-order valence-corrected chi connectivity index (χ0v) is 10.0. The minimum absolute atomic E-state index is 0.0852. The highest BCUT2D eigenvalue weighted by molar-refractivity contribution is 5.95. The normalized spacial score (nSPS) is 9.82. The molecule has 0 spiro atoms. The number of nitrogens with one attached hydrogen (secondary N) is 1. The Labute approximate surface area is 99.3 Å². The Balaban J connectivity index is 3.06. The summed E-state index contributed by atoms with van der Waals surface area (Å²) in [5, 5.41) is 11.5. The third kappa shape index (κ3) is 3.17. The van der Waals surface area contributed by atoms with Gasteiger partial charge in [0.15, 0.2) is 0 Å². The van der Waals surface area contributed by atoms with Gasteiger partial charge in [-0.1, -0.05) is 0 Å². The van der Waals surface area contributed by atoms with E-state index in [0.717, 1.165) is 0 Å². The Morgan fingerprint density at radius 1 is 1.53 bits per heavy atom. The predicted octanol–water partition coefficient (Wildman–Crippen LogP) is 0.270. The molecular formula is C11H15N3O3. The molecule has 0 unspecified atom stereocenters. The van der Waals surface area contributed by atoms with Crippen LogP contribution in [0.1, 0.15) is 16.1 Å². The van der Waals surface area contributed by atoms with Crippen molar-refractivity contribution in [1.82, 2.24) is 10.3 Å². The van der Waals surface area contributed by atoms with Crippen molar-refractivity contribution in [3.05, 3.63) is 23.5 Å². The SMILES string of the molecule is CNC(=O)CN(C)c1cc(C)ncc1C(=O)O. The molecule has 1 aromatic rings. The van der Waals surface area contributed by atoms with Crippen molar-refractivity contribution in [3.63, 3.8) is 0 Å². The van der Waals surface area contributed by atoms with E-state index in [1.54, 1.807) is 24.9 Å². The zero-order valence-electron chi connectivity index (χ0n) is 10.0. The molecule has 1 aromatic heterocycles. The Kier molecular flexibility index (Phi) is 4.03. The van der Waals surface area contributed by atoms with Crippen molar-refractivity contribution in [2.45, 2.75) is 6.92 Å². The van der Waals surface area contributed by atoms with Crippen molar-refractivity contribution in [2.24, 2.45) is 0 Å². The Morgan fingerprint density at radius 2 is 2.18 bits per heavy atom. The van der Waals surface area contributed by atoms with Crippen LogP contribution in [0.15, 0.2) is 12.3 Å². The Hall–Kier alpha value is -2.11. The molecule has 0 aliphatic rings. The molecule has 1 amide bonds. The lowest BCUT2D eigenvalue weighted by atomic mass is 10.2. The van der Waals surface area contributed by atoms with Crippen LogP contribution in [-0.2, 0) is 4.79 Å². The van der Waals surface area contributed by atoms with Gasteiger partial charge in [0, 0.05) is 26.0 Å². The summed E-state index contributed by atoms with van der Waals surface area (Å²) < 4.78 is 0. The van der Waals surface area contributed by atoms with Gasteiger partial charge >= 0.3 is 5.97 Å². The fourth-order valence-corrected chi connectivity index (χ4v) is 1.41.